The maximum Gasteiger partial charge on any atom is 0.234 e. The van der Waals surface area contributed by atoms with Crippen molar-refractivity contribution in [1.29, 1.82) is 0 Å². The van der Waals surface area contributed by atoms with Crippen molar-refractivity contribution in [3.05, 3.63) is 0 Å². The summed E-state index contributed by atoms with van der Waals surface area (Å²) >= 11 is 0. The summed E-state index contributed by atoms with van der Waals surface area (Å²) < 4.78 is 0. The molecule has 2 aliphatic rings. The third kappa shape index (κ3) is 3.96. The predicted molar refractivity (Wildman–Crippen MR) is 66.7 cm³/mol. The van der Waals surface area contributed by atoms with Crippen LogP contribution in [0.2, 0.25) is 0 Å². The fourth-order valence-electron chi connectivity index (χ4n) is 2.74. The number of nitrogens with one attached hydrogen (secondary N) is 1. The van der Waals surface area contributed by atoms with Gasteiger partial charge in [-0.2, -0.15) is 0 Å². The molecule has 0 unspecified atom stereocenters. The lowest BCUT2D eigenvalue weighted by atomic mass is 9.94. The minimum Gasteiger partial charge on any atom is -0.390 e. The smallest absolute Gasteiger partial charge is 0.234 e. The first-order valence-electron chi connectivity index (χ1n) is 6.79. The van der Waals surface area contributed by atoms with Crippen LogP contribution in [-0.2, 0) is 4.79 Å². The maximum atomic E-state index is 11.8. The molecule has 1 saturated carbocycles. The molecule has 0 bridgehead atoms. The van der Waals surface area contributed by atoms with Gasteiger partial charge >= 0.3 is 0 Å². The number of nitrogens with zero attached hydrogens (tertiary/aromatic N) is 1. The summed E-state index contributed by atoms with van der Waals surface area (Å²) in [7, 11) is 0. The Kier molecular flexibility index (Phi) is 4.05. The lowest BCUT2D eigenvalue weighted by molar-refractivity contribution is -0.124. The Hall–Kier alpha value is -0.610. The Morgan fingerprint density at radius 2 is 1.94 bits per heavy atom. The van der Waals surface area contributed by atoms with E-state index in [0.717, 1.165) is 38.8 Å². The number of rotatable bonds is 3. The van der Waals surface area contributed by atoms with E-state index >= 15 is 0 Å². The molecule has 4 nitrogen and oxygen atoms in total. The fraction of sp³-hybridized carbons (Fsp3) is 0.923. The molecular weight excluding hydrogens is 216 g/mol. The Balaban J connectivity index is 1.68. The summed E-state index contributed by atoms with van der Waals surface area (Å²) in [6.45, 7) is 4.02. The van der Waals surface area contributed by atoms with Crippen LogP contribution in [0.3, 0.4) is 0 Å². The largest absolute Gasteiger partial charge is 0.390 e. The average molecular weight is 240 g/mol. The Bertz CT molecular complexity index is 263. The standard InChI is InChI=1S/C13H24N2O2/c1-13(17)6-8-15(9-7-13)10-12(16)14-11-4-2-3-5-11/h11,17H,2-10H2,1H3,(H,14,16). The molecule has 0 aromatic carbocycles. The van der Waals surface area contributed by atoms with Crippen LogP contribution in [0.4, 0.5) is 0 Å². The summed E-state index contributed by atoms with van der Waals surface area (Å²) in [5.74, 6) is 0.151. The quantitative estimate of drug-likeness (QED) is 0.770. The number of amides is 1. The normalized spacial score (nSPS) is 26.0. The number of hydrogen-bond acceptors (Lipinski definition) is 3. The van der Waals surface area contributed by atoms with Crippen LogP contribution in [0.25, 0.3) is 0 Å². The highest BCUT2D eigenvalue weighted by Crippen LogP contribution is 2.21. The van der Waals surface area contributed by atoms with Crippen molar-refractivity contribution in [3.63, 3.8) is 0 Å². The van der Waals surface area contributed by atoms with E-state index in [9.17, 15) is 9.90 Å². The van der Waals surface area contributed by atoms with Gasteiger partial charge in [-0.05, 0) is 32.6 Å². The molecule has 98 valence electrons. The van der Waals surface area contributed by atoms with Crippen molar-refractivity contribution in [1.82, 2.24) is 10.2 Å². The SMILES string of the molecule is CC1(O)CCN(CC(=O)NC2CCCC2)CC1. The molecule has 1 aliphatic heterocycles. The lowest BCUT2D eigenvalue weighted by Crippen LogP contribution is -2.47. The third-order valence-electron chi connectivity index (χ3n) is 4.02. The van der Waals surface area contributed by atoms with Crippen LogP contribution in [0.1, 0.15) is 45.4 Å². The molecule has 0 spiro atoms. The van der Waals surface area contributed by atoms with Gasteiger partial charge in [0.1, 0.15) is 0 Å². The molecule has 17 heavy (non-hydrogen) atoms. The second kappa shape index (κ2) is 5.36. The van der Waals surface area contributed by atoms with Crippen molar-refractivity contribution < 1.29 is 9.90 Å². The van der Waals surface area contributed by atoms with Gasteiger partial charge in [-0.25, -0.2) is 0 Å². The van der Waals surface area contributed by atoms with Gasteiger partial charge in [-0.15, -0.1) is 0 Å². The number of hydrogen-bond donors (Lipinski definition) is 2. The number of aliphatic hydroxyl groups is 1. The van der Waals surface area contributed by atoms with Gasteiger partial charge in [0.05, 0.1) is 12.1 Å². The summed E-state index contributed by atoms with van der Waals surface area (Å²) in [5, 5.41) is 12.9. The van der Waals surface area contributed by atoms with Crippen molar-refractivity contribution in [2.24, 2.45) is 0 Å². The maximum absolute atomic E-state index is 11.8. The van der Waals surface area contributed by atoms with Crippen LogP contribution in [0.5, 0.6) is 0 Å². The van der Waals surface area contributed by atoms with Crippen LogP contribution < -0.4 is 5.32 Å². The highest BCUT2D eigenvalue weighted by molar-refractivity contribution is 5.78. The molecule has 0 aromatic rings. The molecule has 0 radical (unpaired) electrons. The monoisotopic (exact) mass is 240 g/mol. The van der Waals surface area contributed by atoms with E-state index in [1.54, 1.807) is 0 Å². The van der Waals surface area contributed by atoms with E-state index < -0.39 is 5.60 Å². The number of piperidine rings is 1. The van der Waals surface area contributed by atoms with Gasteiger partial charge in [-0.3, -0.25) is 9.69 Å². The van der Waals surface area contributed by atoms with E-state index in [1.165, 1.54) is 12.8 Å². The van der Waals surface area contributed by atoms with Crippen LogP contribution in [0, 0.1) is 0 Å². The van der Waals surface area contributed by atoms with Gasteiger partial charge in [-0.1, -0.05) is 12.8 Å². The summed E-state index contributed by atoms with van der Waals surface area (Å²) in [6.07, 6.45) is 6.31. The van der Waals surface area contributed by atoms with Gasteiger partial charge in [0, 0.05) is 19.1 Å². The Morgan fingerprint density at radius 3 is 2.53 bits per heavy atom. The first-order valence-corrected chi connectivity index (χ1v) is 6.79. The first-order chi connectivity index (χ1) is 8.05. The van der Waals surface area contributed by atoms with E-state index in [2.05, 4.69) is 10.2 Å². The van der Waals surface area contributed by atoms with Crippen molar-refractivity contribution in [2.45, 2.75) is 57.1 Å². The predicted octanol–water partition coefficient (Wildman–Crippen LogP) is 0.892. The lowest BCUT2D eigenvalue weighted by Gasteiger charge is -2.35. The van der Waals surface area contributed by atoms with E-state index in [0.29, 0.717) is 12.6 Å². The van der Waals surface area contributed by atoms with Crippen LogP contribution in [0.15, 0.2) is 0 Å². The van der Waals surface area contributed by atoms with Gasteiger partial charge < -0.3 is 10.4 Å². The molecule has 0 atom stereocenters. The zero-order valence-corrected chi connectivity index (χ0v) is 10.7. The second-order valence-corrected chi connectivity index (χ2v) is 5.82. The van der Waals surface area contributed by atoms with Crippen LogP contribution >= 0.6 is 0 Å². The molecule has 2 fully saturated rings. The summed E-state index contributed by atoms with van der Waals surface area (Å²) in [6, 6.07) is 0.412. The van der Waals surface area contributed by atoms with Crippen LogP contribution in [-0.4, -0.2) is 47.2 Å². The molecule has 1 saturated heterocycles. The summed E-state index contributed by atoms with van der Waals surface area (Å²) in [4.78, 5) is 14.0. The zero-order chi connectivity index (χ0) is 12.3. The van der Waals surface area contributed by atoms with Crippen molar-refractivity contribution in [3.8, 4) is 0 Å². The van der Waals surface area contributed by atoms with E-state index in [4.69, 9.17) is 0 Å². The molecule has 1 aliphatic carbocycles. The highest BCUT2D eigenvalue weighted by atomic mass is 16.3. The van der Waals surface area contributed by atoms with Gasteiger partial charge in [0.25, 0.3) is 0 Å². The third-order valence-corrected chi connectivity index (χ3v) is 4.02. The topological polar surface area (TPSA) is 52.6 Å². The van der Waals surface area contributed by atoms with E-state index in [1.807, 2.05) is 6.92 Å². The fourth-order valence-corrected chi connectivity index (χ4v) is 2.74. The molecule has 2 rings (SSSR count). The number of likely N-dealkylation sites (tertiary alicyclic amines) is 1. The minimum atomic E-state index is -0.529. The average Bonchev–Trinajstić information content (AvgIpc) is 2.74. The zero-order valence-electron chi connectivity index (χ0n) is 10.7. The molecule has 1 heterocycles. The Labute approximate surface area is 103 Å². The molecule has 1 amide bonds. The summed E-state index contributed by atoms with van der Waals surface area (Å²) in [5.41, 5.74) is -0.529. The second-order valence-electron chi connectivity index (χ2n) is 5.82. The molecule has 0 aromatic heterocycles. The highest BCUT2D eigenvalue weighted by Gasteiger charge is 2.28. The molecule has 4 heteroatoms. The number of carbonyl (C=O) groups is 1. The first kappa shape index (κ1) is 12.8. The minimum absolute atomic E-state index is 0.151. The van der Waals surface area contributed by atoms with Crippen molar-refractivity contribution >= 4 is 5.91 Å². The Morgan fingerprint density at radius 1 is 1.35 bits per heavy atom. The molecule has 2 N–H and O–H groups in total. The molecular formula is C13H24N2O2. The number of carbonyl (C=O) groups excluding carboxylic acids is 1. The van der Waals surface area contributed by atoms with Gasteiger partial charge in [0.2, 0.25) is 5.91 Å². The van der Waals surface area contributed by atoms with E-state index in [-0.39, 0.29) is 5.91 Å². The van der Waals surface area contributed by atoms with Gasteiger partial charge in [0.15, 0.2) is 0 Å². The van der Waals surface area contributed by atoms with Crippen molar-refractivity contribution in [2.75, 3.05) is 19.6 Å².